The molecule has 0 unspecified atom stereocenters. The Morgan fingerprint density at radius 2 is 2.14 bits per heavy atom. The van der Waals surface area contributed by atoms with Gasteiger partial charge in [-0.15, -0.1) is 0 Å². The second-order valence-corrected chi connectivity index (χ2v) is 7.43. The predicted octanol–water partition coefficient (Wildman–Crippen LogP) is 3.81. The highest BCUT2D eigenvalue weighted by Gasteiger charge is 2.19. The van der Waals surface area contributed by atoms with Gasteiger partial charge in [-0.1, -0.05) is 0 Å². The highest BCUT2D eigenvalue weighted by Crippen LogP contribution is 2.19. The van der Waals surface area contributed by atoms with Crippen LogP contribution in [0, 0.1) is 0 Å². The number of carbonyl (C=O) groups excluding carboxylic acids is 1. The molecule has 1 aromatic carbocycles. The number of hydrogen-bond donors (Lipinski definition) is 1. The van der Waals surface area contributed by atoms with Gasteiger partial charge in [0.15, 0.2) is 0 Å². The molecule has 0 saturated carbocycles. The number of anilines is 1. The molecule has 0 radical (unpaired) electrons. The van der Waals surface area contributed by atoms with E-state index in [1.165, 1.54) is 6.42 Å². The van der Waals surface area contributed by atoms with Gasteiger partial charge in [-0.2, -0.15) is 0 Å². The lowest BCUT2D eigenvalue weighted by Crippen LogP contribution is -2.40. The van der Waals surface area contributed by atoms with Crippen LogP contribution in [-0.2, 0) is 18.3 Å². The van der Waals surface area contributed by atoms with Gasteiger partial charge in [-0.3, -0.25) is 0 Å². The van der Waals surface area contributed by atoms with Crippen LogP contribution >= 0.6 is 0 Å². The summed E-state index contributed by atoms with van der Waals surface area (Å²) in [6.45, 7) is 5.83. The first kappa shape index (κ1) is 20.2. The van der Waals surface area contributed by atoms with Gasteiger partial charge in [0, 0.05) is 37.8 Å². The summed E-state index contributed by atoms with van der Waals surface area (Å²) in [5.41, 5.74) is 0.733. The third kappa shape index (κ3) is 5.48. The minimum absolute atomic E-state index is 0.0507. The standard InChI is InChI=1S/C21H30N4O3/c1-16(2)25(14-20-22-11-12-24(20)3)21(26)23-17-7-9-18(10-8-17)28-15-19-6-4-5-13-27-19/h7-12,16,19H,4-6,13-15H2,1-3H3,(H,23,26)/t19-/m0/s1. The molecule has 2 heterocycles. The first-order chi connectivity index (χ1) is 13.5. The molecule has 7 heteroatoms. The zero-order chi connectivity index (χ0) is 19.9. The second-order valence-electron chi connectivity index (χ2n) is 7.43. The molecule has 3 rings (SSSR count). The van der Waals surface area contributed by atoms with Crippen molar-refractivity contribution in [1.82, 2.24) is 14.5 Å². The number of carbonyl (C=O) groups is 1. The van der Waals surface area contributed by atoms with Crippen molar-refractivity contribution in [3.63, 3.8) is 0 Å². The van der Waals surface area contributed by atoms with Crippen molar-refractivity contribution < 1.29 is 14.3 Å². The lowest BCUT2D eigenvalue weighted by atomic mass is 10.1. The van der Waals surface area contributed by atoms with Crippen molar-refractivity contribution in [3.05, 3.63) is 42.5 Å². The molecule has 28 heavy (non-hydrogen) atoms. The maximum Gasteiger partial charge on any atom is 0.322 e. The van der Waals surface area contributed by atoms with Gasteiger partial charge < -0.3 is 24.3 Å². The Morgan fingerprint density at radius 3 is 2.75 bits per heavy atom. The SMILES string of the molecule is CC(C)N(Cc1nccn1C)C(=O)Nc1ccc(OC[C@@H]2CCCCO2)cc1. The summed E-state index contributed by atoms with van der Waals surface area (Å²) in [7, 11) is 1.93. The molecule has 1 N–H and O–H groups in total. The zero-order valence-electron chi connectivity index (χ0n) is 16.9. The molecule has 0 spiro atoms. The molecule has 152 valence electrons. The van der Waals surface area contributed by atoms with Crippen LogP contribution in [0.1, 0.15) is 38.9 Å². The van der Waals surface area contributed by atoms with Crippen LogP contribution in [0.2, 0.25) is 0 Å². The number of benzene rings is 1. The molecule has 2 amide bonds. The molecule has 7 nitrogen and oxygen atoms in total. The Bertz CT molecular complexity index is 751. The maximum absolute atomic E-state index is 12.7. The summed E-state index contributed by atoms with van der Waals surface area (Å²) < 4.78 is 13.4. The van der Waals surface area contributed by atoms with Crippen molar-refractivity contribution in [3.8, 4) is 5.75 Å². The minimum atomic E-state index is -0.151. The summed E-state index contributed by atoms with van der Waals surface area (Å²) >= 11 is 0. The number of aromatic nitrogens is 2. The Balaban J connectivity index is 1.54. The molecule has 0 aliphatic carbocycles. The fourth-order valence-electron chi connectivity index (χ4n) is 3.15. The van der Waals surface area contributed by atoms with Crippen LogP contribution in [0.4, 0.5) is 10.5 Å². The van der Waals surface area contributed by atoms with E-state index >= 15 is 0 Å². The van der Waals surface area contributed by atoms with Crippen LogP contribution in [0.5, 0.6) is 5.75 Å². The zero-order valence-corrected chi connectivity index (χ0v) is 16.9. The van der Waals surface area contributed by atoms with E-state index in [1.54, 1.807) is 11.1 Å². The van der Waals surface area contributed by atoms with Gasteiger partial charge in [-0.25, -0.2) is 9.78 Å². The Morgan fingerprint density at radius 1 is 1.36 bits per heavy atom. The van der Waals surface area contributed by atoms with Gasteiger partial charge in [0.05, 0.1) is 12.6 Å². The number of imidazole rings is 1. The molecule has 1 aliphatic heterocycles. The number of hydrogen-bond acceptors (Lipinski definition) is 4. The van der Waals surface area contributed by atoms with Crippen molar-refractivity contribution in [2.75, 3.05) is 18.5 Å². The quantitative estimate of drug-likeness (QED) is 0.786. The topological polar surface area (TPSA) is 68.6 Å². The van der Waals surface area contributed by atoms with E-state index in [0.717, 1.165) is 36.7 Å². The van der Waals surface area contributed by atoms with Crippen LogP contribution in [0.3, 0.4) is 0 Å². The summed E-state index contributed by atoms with van der Waals surface area (Å²) in [4.78, 5) is 18.8. The van der Waals surface area contributed by atoms with Crippen molar-refractivity contribution in [2.24, 2.45) is 7.05 Å². The van der Waals surface area contributed by atoms with Crippen LogP contribution in [-0.4, -0.2) is 45.8 Å². The summed E-state index contributed by atoms with van der Waals surface area (Å²) in [6.07, 6.45) is 7.18. The number of nitrogens with zero attached hydrogens (tertiary/aromatic N) is 3. The molecular formula is C21H30N4O3. The van der Waals surface area contributed by atoms with E-state index in [-0.39, 0.29) is 18.2 Å². The Kier molecular flexibility index (Phi) is 6.92. The number of nitrogens with one attached hydrogen (secondary N) is 1. The third-order valence-corrected chi connectivity index (χ3v) is 4.93. The van der Waals surface area contributed by atoms with E-state index in [0.29, 0.717) is 13.2 Å². The average Bonchev–Trinajstić information content (AvgIpc) is 3.10. The van der Waals surface area contributed by atoms with Crippen molar-refractivity contribution in [1.29, 1.82) is 0 Å². The predicted molar refractivity (Wildman–Crippen MR) is 108 cm³/mol. The summed E-state index contributed by atoms with van der Waals surface area (Å²) in [6, 6.07) is 7.35. The number of aryl methyl sites for hydroxylation is 1. The molecule has 0 bridgehead atoms. The average molecular weight is 386 g/mol. The number of amides is 2. The molecule has 1 saturated heterocycles. The minimum Gasteiger partial charge on any atom is -0.491 e. The molecule has 2 aromatic rings. The van der Waals surface area contributed by atoms with Crippen molar-refractivity contribution >= 4 is 11.7 Å². The second kappa shape index (κ2) is 9.59. The molecule has 1 fully saturated rings. The third-order valence-electron chi connectivity index (χ3n) is 4.93. The highest BCUT2D eigenvalue weighted by atomic mass is 16.5. The van der Waals surface area contributed by atoms with E-state index < -0.39 is 0 Å². The van der Waals surface area contributed by atoms with Gasteiger partial charge in [0.25, 0.3) is 0 Å². The normalized spacial score (nSPS) is 16.8. The van der Waals surface area contributed by atoms with Gasteiger partial charge >= 0.3 is 6.03 Å². The van der Waals surface area contributed by atoms with Gasteiger partial charge in [0.1, 0.15) is 18.2 Å². The highest BCUT2D eigenvalue weighted by molar-refractivity contribution is 5.89. The molecular weight excluding hydrogens is 356 g/mol. The lowest BCUT2D eigenvalue weighted by molar-refractivity contribution is -0.0110. The Labute approximate surface area is 166 Å². The number of urea groups is 1. The Hall–Kier alpha value is -2.54. The van der Waals surface area contributed by atoms with Crippen LogP contribution < -0.4 is 10.1 Å². The van der Waals surface area contributed by atoms with E-state index in [9.17, 15) is 4.79 Å². The van der Waals surface area contributed by atoms with E-state index in [4.69, 9.17) is 9.47 Å². The fourth-order valence-corrected chi connectivity index (χ4v) is 3.15. The summed E-state index contributed by atoms with van der Waals surface area (Å²) in [5.74, 6) is 1.62. The van der Waals surface area contributed by atoms with E-state index in [2.05, 4.69) is 10.3 Å². The maximum atomic E-state index is 12.7. The number of rotatable bonds is 7. The largest absolute Gasteiger partial charge is 0.491 e. The number of ether oxygens (including phenoxy) is 2. The molecule has 1 aromatic heterocycles. The van der Waals surface area contributed by atoms with Gasteiger partial charge in [-0.05, 0) is 57.4 Å². The first-order valence-electron chi connectivity index (χ1n) is 9.91. The molecule has 1 atom stereocenters. The monoisotopic (exact) mass is 386 g/mol. The fraction of sp³-hybridized carbons (Fsp3) is 0.524. The van der Waals surface area contributed by atoms with E-state index in [1.807, 2.05) is 55.9 Å². The van der Waals surface area contributed by atoms with Crippen LogP contribution in [0.25, 0.3) is 0 Å². The lowest BCUT2D eigenvalue weighted by Gasteiger charge is -2.26. The summed E-state index contributed by atoms with van der Waals surface area (Å²) in [5, 5.41) is 2.96. The molecule has 1 aliphatic rings. The smallest absolute Gasteiger partial charge is 0.322 e. The van der Waals surface area contributed by atoms with Crippen molar-refractivity contribution in [2.45, 2.75) is 51.8 Å². The van der Waals surface area contributed by atoms with Crippen LogP contribution in [0.15, 0.2) is 36.7 Å². The first-order valence-corrected chi connectivity index (χ1v) is 9.91. The van der Waals surface area contributed by atoms with Gasteiger partial charge in [0.2, 0.25) is 0 Å².